The first-order chi connectivity index (χ1) is 26.3. The number of aromatic carboxylic acids is 1. The smallest absolute Gasteiger partial charge is 0.337 e. The van der Waals surface area contributed by atoms with Crippen LogP contribution in [0.4, 0.5) is 11.4 Å². The van der Waals surface area contributed by atoms with Crippen LogP contribution in [0.2, 0.25) is 10.3 Å². The van der Waals surface area contributed by atoms with Crippen LogP contribution in [0.25, 0.3) is 11.3 Å². The number of anilines is 2. The second-order valence-electron chi connectivity index (χ2n) is 14.2. The van der Waals surface area contributed by atoms with Crippen molar-refractivity contribution in [1.29, 1.82) is 0 Å². The Balaban J connectivity index is 0.000000156. The van der Waals surface area contributed by atoms with Crippen LogP contribution in [0.15, 0.2) is 60.9 Å². The minimum absolute atomic E-state index is 0.0415. The maximum absolute atomic E-state index is 13.3. The van der Waals surface area contributed by atoms with E-state index in [0.29, 0.717) is 45.5 Å². The molecule has 0 spiro atoms. The molecule has 2 unspecified atom stereocenters. The minimum atomic E-state index is -0.980. The second kappa shape index (κ2) is 17.1. The molecule has 2 atom stereocenters. The van der Waals surface area contributed by atoms with Crippen LogP contribution in [-0.2, 0) is 0 Å². The fourth-order valence-corrected chi connectivity index (χ4v) is 7.07. The van der Waals surface area contributed by atoms with E-state index in [1.165, 1.54) is 12.8 Å². The molecule has 15 heteroatoms. The number of nitrogens with two attached hydrogens (primary N) is 2. The molecule has 2 aliphatic heterocycles. The third kappa shape index (κ3) is 9.18. The molecular weight excluding hydrogens is 739 g/mol. The number of aromatic nitrogens is 6. The van der Waals surface area contributed by atoms with Crippen molar-refractivity contribution < 1.29 is 14.7 Å². The zero-order chi connectivity index (χ0) is 39.4. The van der Waals surface area contributed by atoms with E-state index in [1.54, 1.807) is 28.8 Å². The Hall–Kier alpha value is -5.24. The molecule has 0 saturated carbocycles. The van der Waals surface area contributed by atoms with Gasteiger partial charge in [-0.05, 0) is 90.6 Å². The van der Waals surface area contributed by atoms with E-state index in [-0.39, 0.29) is 17.5 Å². The van der Waals surface area contributed by atoms with E-state index in [4.69, 9.17) is 39.8 Å². The summed E-state index contributed by atoms with van der Waals surface area (Å²) in [5.74, 6) is -1.02. The standard InChI is InChI=1S/C20H22ClN5O.C12H15ClN4.C8H9NO2/c1-12-6-7-15(22)14(9-12)20(27)25-8-4-3-5-17(25)16-10-18-23-19(21)13(2)11-26(18)24-16;1-8-7-17-11(15-12(8)13)6-10(16-17)9-4-2-3-5-14-9;1-5-2-3-7(9)6(4-5)8(10)11/h6-7,9-11,17H,3-5,8,22H2,1-2H3;6-7,9,14H,2-5H2,1H3;2-4H,9H2,1H3,(H,10,11). The predicted molar refractivity (Wildman–Crippen MR) is 216 cm³/mol. The summed E-state index contributed by atoms with van der Waals surface area (Å²) in [6.07, 6.45) is 10.4. The summed E-state index contributed by atoms with van der Waals surface area (Å²) in [6.45, 7) is 9.39. The van der Waals surface area contributed by atoms with Gasteiger partial charge in [-0.1, -0.05) is 52.9 Å². The van der Waals surface area contributed by atoms with E-state index in [9.17, 15) is 9.59 Å². The van der Waals surface area contributed by atoms with Gasteiger partial charge in [-0.15, -0.1) is 0 Å². The first kappa shape index (κ1) is 39.5. The first-order valence-electron chi connectivity index (χ1n) is 18.3. The Morgan fingerprint density at radius 1 is 0.745 bits per heavy atom. The lowest BCUT2D eigenvalue weighted by molar-refractivity contribution is 0.0606. The first-order valence-corrected chi connectivity index (χ1v) is 19.1. The Morgan fingerprint density at radius 2 is 1.29 bits per heavy atom. The number of likely N-dealkylation sites (tertiary alicyclic amines) is 1. The highest BCUT2D eigenvalue weighted by molar-refractivity contribution is 6.30. The number of carboxylic acids is 1. The van der Waals surface area contributed by atoms with Gasteiger partial charge < -0.3 is 26.8 Å². The lowest BCUT2D eigenvalue weighted by Gasteiger charge is -2.35. The maximum atomic E-state index is 13.3. The molecule has 0 radical (unpaired) electrons. The molecule has 4 aromatic heterocycles. The van der Waals surface area contributed by atoms with Gasteiger partial charge >= 0.3 is 5.97 Å². The predicted octanol–water partition coefficient (Wildman–Crippen LogP) is 7.73. The lowest BCUT2D eigenvalue weighted by atomic mass is 9.97. The third-order valence-electron chi connectivity index (χ3n) is 9.83. The van der Waals surface area contributed by atoms with Crippen LogP contribution in [0.5, 0.6) is 0 Å². The summed E-state index contributed by atoms with van der Waals surface area (Å²) in [5.41, 5.74) is 20.2. The highest BCUT2D eigenvalue weighted by Crippen LogP contribution is 2.33. The molecule has 288 valence electrons. The summed E-state index contributed by atoms with van der Waals surface area (Å²) in [7, 11) is 0. The van der Waals surface area contributed by atoms with Crippen molar-refractivity contribution in [3.63, 3.8) is 0 Å². The molecular formula is C40H46Cl2N10O3. The topological polar surface area (TPSA) is 182 Å². The highest BCUT2D eigenvalue weighted by Gasteiger charge is 2.31. The van der Waals surface area contributed by atoms with Crippen LogP contribution in [0, 0.1) is 27.7 Å². The van der Waals surface area contributed by atoms with E-state index >= 15 is 0 Å². The summed E-state index contributed by atoms with van der Waals surface area (Å²) < 4.78 is 3.54. The van der Waals surface area contributed by atoms with Gasteiger partial charge in [0.2, 0.25) is 0 Å². The normalized spacial score (nSPS) is 16.9. The van der Waals surface area contributed by atoms with E-state index in [0.717, 1.165) is 71.5 Å². The van der Waals surface area contributed by atoms with Crippen molar-refractivity contribution in [2.24, 2.45) is 0 Å². The molecule has 2 fully saturated rings. The van der Waals surface area contributed by atoms with Crippen molar-refractivity contribution >= 4 is 57.7 Å². The number of carbonyl (C=O) groups excluding carboxylic acids is 1. The second-order valence-corrected chi connectivity index (χ2v) is 14.9. The fraction of sp³-hybridized carbons (Fsp3) is 0.350. The van der Waals surface area contributed by atoms with Crippen LogP contribution >= 0.6 is 23.2 Å². The minimum Gasteiger partial charge on any atom is -0.478 e. The van der Waals surface area contributed by atoms with Gasteiger partial charge in [-0.25, -0.2) is 23.8 Å². The number of nitrogen functional groups attached to an aromatic ring is 2. The molecule has 2 aliphatic rings. The molecule has 13 nitrogen and oxygen atoms in total. The summed E-state index contributed by atoms with van der Waals surface area (Å²) in [5, 5.41) is 22.4. The van der Waals surface area contributed by atoms with Crippen molar-refractivity contribution in [3.05, 3.63) is 116 Å². The molecule has 6 N–H and O–H groups in total. The van der Waals surface area contributed by atoms with Gasteiger partial charge in [0.15, 0.2) is 11.3 Å². The SMILES string of the molecule is Cc1ccc(N)c(C(=O)N2CCCCC2c2cc3nc(Cl)c(C)cn3n2)c1.Cc1ccc(N)c(C(=O)O)c1.Cc1cn2nc(C3CCCCN3)cc2nc1Cl. The average molecular weight is 786 g/mol. The number of hydrogen-bond donors (Lipinski definition) is 4. The molecule has 55 heavy (non-hydrogen) atoms. The van der Waals surface area contributed by atoms with E-state index in [1.807, 2.05) is 73.8 Å². The Morgan fingerprint density at radius 3 is 1.85 bits per heavy atom. The Labute approximate surface area is 329 Å². The van der Waals surface area contributed by atoms with Gasteiger partial charge in [-0.2, -0.15) is 10.2 Å². The Bertz CT molecular complexity index is 2270. The van der Waals surface area contributed by atoms with E-state index < -0.39 is 5.97 Å². The third-order valence-corrected chi connectivity index (χ3v) is 10.6. The summed E-state index contributed by atoms with van der Waals surface area (Å²) in [6, 6.07) is 14.7. The van der Waals surface area contributed by atoms with Crippen LogP contribution in [0.3, 0.4) is 0 Å². The number of nitrogens with zero attached hydrogens (tertiary/aromatic N) is 7. The number of carbonyl (C=O) groups is 2. The number of halogens is 2. The maximum Gasteiger partial charge on any atom is 0.337 e. The number of rotatable bonds is 4. The van der Waals surface area contributed by atoms with Gasteiger partial charge in [0, 0.05) is 53.6 Å². The van der Waals surface area contributed by atoms with Gasteiger partial charge in [0.05, 0.1) is 34.6 Å². The van der Waals surface area contributed by atoms with Crippen LogP contribution < -0.4 is 16.8 Å². The molecule has 6 aromatic rings. The van der Waals surface area contributed by atoms with Crippen molar-refractivity contribution in [1.82, 2.24) is 39.4 Å². The number of amides is 1. The highest BCUT2D eigenvalue weighted by atomic mass is 35.5. The fourth-order valence-electron chi connectivity index (χ4n) is 6.80. The quantitative estimate of drug-likeness (QED) is 0.102. The largest absolute Gasteiger partial charge is 0.478 e. The number of piperidine rings is 2. The average Bonchev–Trinajstić information content (AvgIpc) is 3.78. The summed E-state index contributed by atoms with van der Waals surface area (Å²) >= 11 is 12.2. The number of aryl methyl sites for hydroxylation is 4. The van der Waals surface area contributed by atoms with Crippen LogP contribution in [0.1, 0.15) is 105 Å². The zero-order valence-electron chi connectivity index (χ0n) is 31.4. The lowest BCUT2D eigenvalue weighted by Crippen LogP contribution is -2.39. The van der Waals surface area contributed by atoms with Crippen molar-refractivity contribution in [3.8, 4) is 0 Å². The molecule has 1 amide bonds. The number of nitrogens with one attached hydrogen (secondary N) is 1. The van der Waals surface area contributed by atoms with Gasteiger partial charge in [0.1, 0.15) is 10.3 Å². The number of benzene rings is 2. The molecule has 0 aliphatic carbocycles. The number of hydrogen-bond acceptors (Lipinski definition) is 9. The molecule has 6 heterocycles. The molecule has 2 saturated heterocycles. The van der Waals surface area contributed by atoms with Crippen molar-refractivity contribution in [2.75, 3.05) is 24.6 Å². The van der Waals surface area contributed by atoms with Gasteiger partial charge in [0.25, 0.3) is 5.91 Å². The summed E-state index contributed by atoms with van der Waals surface area (Å²) in [4.78, 5) is 34.4. The van der Waals surface area contributed by atoms with Gasteiger partial charge in [-0.3, -0.25) is 4.79 Å². The molecule has 0 bridgehead atoms. The monoisotopic (exact) mass is 784 g/mol. The van der Waals surface area contributed by atoms with Crippen molar-refractivity contribution in [2.45, 2.75) is 78.3 Å². The van der Waals surface area contributed by atoms with Crippen LogP contribution in [-0.4, -0.2) is 64.2 Å². The molecule has 2 aromatic carbocycles. The molecule has 8 rings (SSSR count). The van der Waals surface area contributed by atoms with E-state index in [2.05, 4.69) is 25.5 Å². The number of fused-ring (bicyclic) bond motifs is 2. The zero-order valence-corrected chi connectivity index (χ0v) is 32.9. The Kier molecular flexibility index (Phi) is 12.2. The number of carboxylic acid groups (broad SMARTS) is 1.